The first-order valence-electron chi connectivity index (χ1n) is 9.39. The van der Waals surface area contributed by atoms with Crippen molar-refractivity contribution in [2.45, 2.75) is 51.7 Å². The van der Waals surface area contributed by atoms with Crippen molar-refractivity contribution in [2.24, 2.45) is 0 Å². The molecule has 1 aliphatic rings. The van der Waals surface area contributed by atoms with Crippen molar-refractivity contribution in [3.05, 3.63) is 59.4 Å². The van der Waals surface area contributed by atoms with Crippen molar-refractivity contribution in [2.75, 3.05) is 11.9 Å². The summed E-state index contributed by atoms with van der Waals surface area (Å²) < 4.78 is 5.60. The number of nitrogens with zero attached hydrogens (tertiary/aromatic N) is 1. The van der Waals surface area contributed by atoms with Crippen LogP contribution in [0.25, 0.3) is 0 Å². The van der Waals surface area contributed by atoms with Gasteiger partial charge in [-0.25, -0.2) is 4.79 Å². The van der Waals surface area contributed by atoms with Crippen molar-refractivity contribution in [3.8, 4) is 0 Å². The number of benzene rings is 1. The number of fused-ring (bicyclic) bond motifs is 1. The first kappa shape index (κ1) is 20.0. The number of carbonyl (C=O) groups is 2. The number of esters is 1. The van der Waals surface area contributed by atoms with E-state index in [1.54, 1.807) is 18.3 Å². The lowest BCUT2D eigenvalue weighted by atomic mass is 9.76. The molecular weight excluding hydrogens is 354 g/mol. The fraction of sp³-hybridized carbons (Fsp3) is 0.409. The number of ether oxygens (including phenoxy) is 1. The van der Waals surface area contributed by atoms with E-state index in [2.05, 4.69) is 29.5 Å². The second-order valence-corrected chi connectivity index (χ2v) is 8.73. The van der Waals surface area contributed by atoms with Gasteiger partial charge in [0.1, 0.15) is 11.6 Å². The van der Waals surface area contributed by atoms with E-state index >= 15 is 0 Å². The minimum absolute atomic E-state index is 0.139. The number of hydrogen-bond acceptors (Lipinski definition) is 5. The van der Waals surface area contributed by atoms with Gasteiger partial charge in [-0.15, -0.1) is 0 Å². The monoisotopic (exact) mass is 381 g/mol. The van der Waals surface area contributed by atoms with Gasteiger partial charge in [-0.3, -0.25) is 15.1 Å². The highest BCUT2D eigenvalue weighted by molar-refractivity contribution is 6.04. The Morgan fingerprint density at radius 2 is 2.00 bits per heavy atom. The molecule has 3 rings (SSSR count). The van der Waals surface area contributed by atoms with Gasteiger partial charge >= 0.3 is 5.97 Å². The van der Waals surface area contributed by atoms with Gasteiger partial charge in [-0.1, -0.05) is 19.9 Å². The Hall–Kier alpha value is -2.73. The normalized spacial score (nSPS) is 18.1. The summed E-state index contributed by atoms with van der Waals surface area (Å²) in [7, 11) is 0. The number of aromatic nitrogens is 1. The number of amides is 1. The van der Waals surface area contributed by atoms with Crippen LogP contribution in [0, 0.1) is 0 Å². The van der Waals surface area contributed by atoms with Crippen molar-refractivity contribution in [1.82, 2.24) is 10.3 Å². The smallest absolute Gasteiger partial charge is 0.328 e. The van der Waals surface area contributed by atoms with Crippen LogP contribution >= 0.6 is 0 Å². The topological polar surface area (TPSA) is 80.3 Å². The molecule has 2 aromatic rings. The minimum atomic E-state index is -0.572. The third-order valence-corrected chi connectivity index (χ3v) is 4.66. The van der Waals surface area contributed by atoms with E-state index in [0.29, 0.717) is 17.8 Å². The van der Waals surface area contributed by atoms with Crippen LogP contribution in [0.2, 0.25) is 0 Å². The van der Waals surface area contributed by atoms with E-state index in [4.69, 9.17) is 4.74 Å². The van der Waals surface area contributed by atoms with E-state index < -0.39 is 11.6 Å². The van der Waals surface area contributed by atoms with Gasteiger partial charge in [0.05, 0.1) is 5.56 Å². The molecule has 2 N–H and O–H groups in total. The Morgan fingerprint density at radius 1 is 1.25 bits per heavy atom. The highest BCUT2D eigenvalue weighted by atomic mass is 16.6. The van der Waals surface area contributed by atoms with Gasteiger partial charge < -0.3 is 10.1 Å². The maximum Gasteiger partial charge on any atom is 0.328 e. The zero-order chi connectivity index (χ0) is 20.5. The van der Waals surface area contributed by atoms with Crippen LogP contribution in [0.1, 0.15) is 62.1 Å². The lowest BCUT2D eigenvalue weighted by Crippen LogP contribution is -2.46. The summed E-state index contributed by atoms with van der Waals surface area (Å²) in [5.74, 6) is -0.565. The second-order valence-electron chi connectivity index (χ2n) is 8.73. The van der Waals surface area contributed by atoms with Crippen molar-refractivity contribution in [3.63, 3.8) is 0 Å². The third-order valence-electron chi connectivity index (χ3n) is 4.66. The third kappa shape index (κ3) is 4.39. The molecule has 1 aromatic heterocycles. The quantitative estimate of drug-likeness (QED) is 0.794. The minimum Gasteiger partial charge on any atom is -0.459 e. The highest BCUT2D eigenvalue weighted by Crippen LogP contribution is 2.37. The largest absolute Gasteiger partial charge is 0.459 e. The fourth-order valence-corrected chi connectivity index (χ4v) is 3.33. The number of rotatable bonds is 3. The molecule has 0 fully saturated rings. The number of pyridine rings is 1. The Bertz CT molecular complexity index is 886. The summed E-state index contributed by atoms with van der Waals surface area (Å²) in [6, 6.07) is 8.55. The SMILES string of the molecule is CC(C)(C)OC(=O)C1NCC(C)(C)c2ccc(NC(=O)c3cccnc3)cc21. The standard InChI is InChI=1S/C22H27N3O3/c1-21(2,3)28-20(27)18-16-11-15(8-9-17(16)22(4,5)13-24-18)25-19(26)14-7-6-10-23-12-14/h6-12,18,24H,13H2,1-5H3,(H,25,26). The van der Waals surface area contributed by atoms with Crippen LogP contribution in [0.15, 0.2) is 42.7 Å². The van der Waals surface area contributed by atoms with Gasteiger partial charge in [0, 0.05) is 30.0 Å². The zero-order valence-corrected chi connectivity index (χ0v) is 17.0. The maximum absolute atomic E-state index is 12.8. The summed E-state index contributed by atoms with van der Waals surface area (Å²) in [5.41, 5.74) is 2.29. The number of nitrogens with one attached hydrogen (secondary N) is 2. The molecule has 1 atom stereocenters. The molecule has 2 heterocycles. The number of anilines is 1. The Morgan fingerprint density at radius 3 is 2.64 bits per heavy atom. The van der Waals surface area contributed by atoms with Gasteiger partial charge in [-0.2, -0.15) is 0 Å². The van der Waals surface area contributed by atoms with Crippen molar-refractivity contribution in [1.29, 1.82) is 0 Å². The molecule has 1 amide bonds. The Kier molecular flexibility index (Phi) is 5.26. The second kappa shape index (κ2) is 7.36. The molecule has 0 bridgehead atoms. The molecule has 148 valence electrons. The summed E-state index contributed by atoms with van der Waals surface area (Å²) in [6.45, 7) is 10.5. The first-order chi connectivity index (χ1) is 13.1. The summed E-state index contributed by atoms with van der Waals surface area (Å²) in [6.07, 6.45) is 3.14. The predicted octanol–water partition coefficient (Wildman–Crippen LogP) is 3.60. The lowest BCUT2D eigenvalue weighted by Gasteiger charge is -2.38. The molecule has 0 spiro atoms. The number of hydrogen-bond donors (Lipinski definition) is 2. The van der Waals surface area contributed by atoms with Crippen molar-refractivity contribution < 1.29 is 14.3 Å². The van der Waals surface area contributed by atoms with Crippen LogP contribution in [0.5, 0.6) is 0 Å². The van der Waals surface area contributed by atoms with Crippen LogP contribution in [0.3, 0.4) is 0 Å². The van der Waals surface area contributed by atoms with E-state index in [1.807, 2.05) is 39.0 Å². The van der Waals surface area contributed by atoms with Crippen LogP contribution in [0.4, 0.5) is 5.69 Å². The average Bonchev–Trinajstić information content (AvgIpc) is 2.60. The Labute approximate surface area is 165 Å². The average molecular weight is 381 g/mol. The molecule has 1 aliphatic heterocycles. The van der Waals surface area contributed by atoms with Crippen LogP contribution in [-0.4, -0.2) is 29.0 Å². The fourth-order valence-electron chi connectivity index (χ4n) is 3.33. The van der Waals surface area contributed by atoms with E-state index in [9.17, 15) is 9.59 Å². The molecule has 1 aromatic carbocycles. The number of carbonyl (C=O) groups excluding carboxylic acids is 2. The van der Waals surface area contributed by atoms with E-state index in [1.165, 1.54) is 6.20 Å². The van der Waals surface area contributed by atoms with Gasteiger partial charge in [-0.05, 0) is 56.2 Å². The van der Waals surface area contributed by atoms with Crippen LogP contribution < -0.4 is 10.6 Å². The molecule has 1 unspecified atom stereocenters. The molecule has 28 heavy (non-hydrogen) atoms. The lowest BCUT2D eigenvalue weighted by molar-refractivity contribution is -0.158. The predicted molar refractivity (Wildman–Crippen MR) is 108 cm³/mol. The molecule has 0 saturated heterocycles. The molecule has 0 saturated carbocycles. The molecular formula is C22H27N3O3. The molecule has 6 nitrogen and oxygen atoms in total. The molecule has 0 radical (unpaired) electrons. The highest BCUT2D eigenvalue weighted by Gasteiger charge is 2.37. The summed E-state index contributed by atoms with van der Waals surface area (Å²) >= 11 is 0. The first-order valence-corrected chi connectivity index (χ1v) is 9.39. The van der Waals surface area contributed by atoms with Gasteiger partial charge in [0.15, 0.2) is 0 Å². The molecule has 6 heteroatoms. The van der Waals surface area contributed by atoms with E-state index in [0.717, 1.165) is 11.1 Å². The van der Waals surface area contributed by atoms with Crippen LogP contribution in [-0.2, 0) is 14.9 Å². The zero-order valence-electron chi connectivity index (χ0n) is 17.0. The Balaban J connectivity index is 1.92. The van der Waals surface area contributed by atoms with Gasteiger partial charge in [0.2, 0.25) is 0 Å². The summed E-state index contributed by atoms with van der Waals surface area (Å²) in [5, 5.41) is 6.19. The van der Waals surface area contributed by atoms with E-state index in [-0.39, 0.29) is 17.3 Å². The van der Waals surface area contributed by atoms with Gasteiger partial charge in [0.25, 0.3) is 5.91 Å². The molecule has 0 aliphatic carbocycles. The summed E-state index contributed by atoms with van der Waals surface area (Å²) in [4.78, 5) is 29.2. The van der Waals surface area contributed by atoms with Crippen molar-refractivity contribution >= 4 is 17.6 Å². The maximum atomic E-state index is 12.8.